The maximum atomic E-state index is 13.8. The Morgan fingerprint density at radius 3 is 2.39 bits per heavy atom. The summed E-state index contributed by atoms with van der Waals surface area (Å²) in [6.07, 6.45) is 1.54. The van der Waals surface area contributed by atoms with Crippen LogP contribution in [0.2, 0.25) is 0 Å². The number of aliphatic hydroxyl groups excluding tert-OH is 1. The molecule has 0 radical (unpaired) electrons. The zero-order valence-corrected chi connectivity index (χ0v) is 24.4. The number of ketones is 3. The van der Waals surface area contributed by atoms with Crippen molar-refractivity contribution in [2.45, 2.75) is 83.8 Å². The summed E-state index contributed by atoms with van der Waals surface area (Å²) >= 11 is 0. The normalized spacial score (nSPS) is 37.6. The molecule has 0 aliphatic heterocycles. The molecule has 3 fully saturated rings. The van der Waals surface area contributed by atoms with E-state index in [2.05, 4.69) is 4.74 Å². The third-order valence-electron chi connectivity index (χ3n) is 9.56. The number of carbonyl (C=O) groups excluding carboxylic acids is 6. The summed E-state index contributed by atoms with van der Waals surface area (Å²) in [5, 5.41) is 20.8. The predicted molar refractivity (Wildman–Crippen MR) is 127 cm³/mol. The van der Waals surface area contributed by atoms with Gasteiger partial charge in [-0.25, -0.2) is 0 Å². The van der Waals surface area contributed by atoms with Crippen LogP contribution in [0.25, 0.3) is 0 Å². The van der Waals surface area contributed by atoms with E-state index in [1.54, 1.807) is 13.0 Å². The van der Waals surface area contributed by atoms with E-state index in [-0.39, 0.29) is 86.5 Å². The Labute approximate surface area is 244 Å². The quantitative estimate of drug-likeness (QED) is 0.230. The molecule has 0 heterocycles. The molecular formula is C27H35NaO10. The molecule has 7 atom stereocenters. The van der Waals surface area contributed by atoms with Crippen LogP contribution in [0.4, 0.5) is 0 Å². The fourth-order valence-corrected chi connectivity index (χ4v) is 7.79. The molecule has 0 saturated heterocycles. The average molecular weight is 543 g/mol. The van der Waals surface area contributed by atoms with Crippen LogP contribution < -0.4 is 29.6 Å². The minimum absolute atomic E-state index is 0. The Balaban J connectivity index is 0.00000267. The molecule has 11 heteroatoms. The van der Waals surface area contributed by atoms with Gasteiger partial charge in [0.05, 0.1) is 12.8 Å². The van der Waals surface area contributed by atoms with E-state index in [0.29, 0.717) is 19.3 Å². The van der Waals surface area contributed by atoms with Crippen molar-refractivity contribution in [3.05, 3.63) is 11.6 Å². The van der Waals surface area contributed by atoms with Crippen molar-refractivity contribution >= 4 is 35.3 Å². The van der Waals surface area contributed by atoms with Crippen LogP contribution in [-0.2, 0) is 38.2 Å². The molecular weight excluding hydrogens is 507 g/mol. The van der Waals surface area contributed by atoms with Gasteiger partial charge in [0.15, 0.2) is 11.6 Å². The van der Waals surface area contributed by atoms with Gasteiger partial charge in [-0.1, -0.05) is 19.4 Å². The van der Waals surface area contributed by atoms with Gasteiger partial charge in [-0.15, -0.1) is 0 Å². The number of aliphatic hydroxyl groups is 2. The van der Waals surface area contributed by atoms with Crippen molar-refractivity contribution in [1.82, 2.24) is 0 Å². The molecule has 4 aliphatic carbocycles. The van der Waals surface area contributed by atoms with Crippen molar-refractivity contribution in [2.24, 2.45) is 28.6 Å². The summed E-state index contributed by atoms with van der Waals surface area (Å²) < 4.78 is 10.2. The van der Waals surface area contributed by atoms with Gasteiger partial charge < -0.3 is 21.1 Å². The Kier molecular flexibility index (Phi) is 8.95. The third kappa shape index (κ3) is 4.87. The monoisotopic (exact) mass is 542 g/mol. The number of esters is 3. The first-order valence-electron chi connectivity index (χ1n) is 12.8. The summed E-state index contributed by atoms with van der Waals surface area (Å²) in [5.41, 5.74) is -3.01. The fourth-order valence-electron chi connectivity index (χ4n) is 7.79. The van der Waals surface area contributed by atoms with Crippen molar-refractivity contribution in [3.8, 4) is 0 Å². The second-order valence-corrected chi connectivity index (χ2v) is 11.4. The summed E-state index contributed by atoms with van der Waals surface area (Å²) in [6, 6.07) is 0. The molecule has 10 nitrogen and oxygen atoms in total. The van der Waals surface area contributed by atoms with Gasteiger partial charge in [-0.3, -0.25) is 28.8 Å². The van der Waals surface area contributed by atoms with E-state index in [4.69, 9.17) is 4.74 Å². The van der Waals surface area contributed by atoms with Gasteiger partial charge in [-0.2, -0.15) is 0 Å². The summed E-state index contributed by atoms with van der Waals surface area (Å²) in [6.45, 7) is 3.87. The molecule has 38 heavy (non-hydrogen) atoms. The van der Waals surface area contributed by atoms with Crippen LogP contribution in [0.3, 0.4) is 0 Å². The van der Waals surface area contributed by atoms with Gasteiger partial charge in [0, 0.05) is 36.5 Å². The number of rotatable bonds is 6. The topological polar surface area (TPSA) is 161 Å². The molecule has 4 rings (SSSR count). The Morgan fingerprint density at radius 1 is 1.11 bits per heavy atom. The third-order valence-corrected chi connectivity index (χ3v) is 9.56. The summed E-state index contributed by atoms with van der Waals surface area (Å²) in [7, 11) is 0. The largest absolute Gasteiger partial charge is 1.00 e. The van der Waals surface area contributed by atoms with Crippen LogP contribution in [0, 0.1) is 28.6 Å². The number of hydrogen-bond donors (Lipinski definition) is 2. The molecule has 0 aromatic heterocycles. The van der Waals surface area contributed by atoms with Crippen molar-refractivity contribution in [1.29, 1.82) is 0 Å². The first-order chi connectivity index (χ1) is 17.3. The first-order valence-corrected chi connectivity index (χ1v) is 12.8. The molecule has 0 spiro atoms. The van der Waals surface area contributed by atoms with Crippen molar-refractivity contribution in [3.63, 3.8) is 0 Å². The minimum atomic E-state index is -1.78. The molecule has 3 saturated carbocycles. The second-order valence-electron chi connectivity index (χ2n) is 11.4. The maximum Gasteiger partial charge on any atom is 1.00 e. The summed E-state index contributed by atoms with van der Waals surface area (Å²) in [4.78, 5) is 74.2. The summed E-state index contributed by atoms with van der Waals surface area (Å²) in [5.74, 6) is -4.37. The van der Waals surface area contributed by atoms with Crippen LogP contribution in [0.1, 0.15) is 73.6 Å². The predicted octanol–water partition coefficient (Wildman–Crippen LogP) is -1.50. The van der Waals surface area contributed by atoms with Crippen molar-refractivity contribution < 1.29 is 79.4 Å². The number of Topliss-reactive ketones (excluding diaryl/α,β-unsaturated/α-hetero) is 2. The van der Waals surface area contributed by atoms with E-state index in [1.165, 1.54) is 0 Å². The first kappa shape index (κ1) is 30.8. The van der Waals surface area contributed by atoms with Gasteiger partial charge in [0.1, 0.15) is 24.1 Å². The number of ether oxygens (including phenoxy) is 2. The number of fused-ring (bicyclic) bond motifs is 5. The Hall–Kier alpha value is -1.72. The van der Waals surface area contributed by atoms with E-state index >= 15 is 0 Å². The molecule has 4 aliphatic rings. The van der Waals surface area contributed by atoms with E-state index < -0.39 is 58.8 Å². The zero-order valence-electron chi connectivity index (χ0n) is 23.4. The molecule has 0 aromatic carbocycles. The molecule has 0 bridgehead atoms. The van der Waals surface area contributed by atoms with Crippen LogP contribution in [0.15, 0.2) is 11.6 Å². The van der Waals surface area contributed by atoms with E-state index in [1.807, 2.05) is 6.92 Å². The van der Waals surface area contributed by atoms with E-state index in [0.717, 1.165) is 12.5 Å². The van der Waals surface area contributed by atoms with Crippen molar-refractivity contribution in [2.75, 3.05) is 6.61 Å². The molecule has 1 unspecified atom stereocenters. The minimum Gasteiger partial charge on any atom is -1.00 e. The van der Waals surface area contributed by atoms with E-state index in [9.17, 15) is 39.0 Å². The zero-order chi connectivity index (χ0) is 27.3. The SMILES string of the molecule is CC(=O)OC(=O)CCC(=O)OC1CC(=O)C=C2CC[C@H]3[C@@H]4CC[C@](O)(C(=O)CO)[C@@]4(C)CC(=O)[C@@H]3[C@]21C.[H-].[Na+]. The van der Waals surface area contributed by atoms with Gasteiger partial charge in [0.25, 0.3) is 0 Å². The maximum absolute atomic E-state index is 13.8. The number of hydrogen-bond acceptors (Lipinski definition) is 10. The van der Waals surface area contributed by atoms with Crippen LogP contribution in [-0.4, -0.2) is 63.8 Å². The smallest absolute Gasteiger partial charge is 1.00 e. The number of carbonyl (C=O) groups is 6. The molecule has 0 aromatic rings. The second kappa shape index (κ2) is 11.0. The van der Waals surface area contributed by atoms with Crippen LogP contribution >= 0.6 is 0 Å². The Bertz CT molecular complexity index is 1100. The Morgan fingerprint density at radius 2 is 1.76 bits per heavy atom. The van der Waals surface area contributed by atoms with Gasteiger partial charge >= 0.3 is 47.5 Å². The average Bonchev–Trinajstić information content (AvgIpc) is 3.08. The van der Waals surface area contributed by atoms with Crippen LogP contribution in [0.5, 0.6) is 0 Å². The van der Waals surface area contributed by atoms with Gasteiger partial charge in [-0.05, 0) is 43.6 Å². The van der Waals surface area contributed by atoms with Gasteiger partial charge in [0.2, 0.25) is 0 Å². The standard InChI is InChI=1S/C27H34O10.Na.H/c1-14(29)36-22(33)6-7-23(34)37-21-11-16(30)10-15-4-5-17-18-8-9-27(35,20(32)13-28)25(18,2)12-19(31)24(17)26(15,21)3;;/h10,17-18,21,24,28,35H,4-9,11-13H2,1-3H3;;/q;+1;-1/t17-,18-,21?,24+,25-,26+,27-;;/m0../s1. The fraction of sp³-hybridized carbons (Fsp3) is 0.704. The molecule has 0 amide bonds. The molecule has 204 valence electrons. The molecule has 2 N–H and O–H groups in total.